The highest BCUT2D eigenvalue weighted by atomic mass is 32.2. The minimum atomic E-state index is -4.07. The zero-order valence-electron chi connectivity index (χ0n) is 28.4. The lowest BCUT2D eigenvalue weighted by Crippen LogP contribution is -2.47. The van der Waals surface area contributed by atoms with Crippen molar-refractivity contribution in [3.63, 3.8) is 0 Å². The minimum absolute atomic E-state index is 0.118. The molecule has 1 aliphatic rings. The molecule has 0 aliphatic carbocycles. The highest BCUT2D eigenvalue weighted by Crippen LogP contribution is 2.30. The molecule has 0 bridgehead atoms. The van der Waals surface area contributed by atoms with Crippen LogP contribution in [0.1, 0.15) is 56.0 Å². The first-order valence-electron chi connectivity index (χ1n) is 16.3. The molecule has 0 aromatic heterocycles. The summed E-state index contributed by atoms with van der Waals surface area (Å²) in [5.74, 6) is 0.0411. The quantitative estimate of drug-likeness (QED) is 0.285. The molecule has 0 radical (unpaired) electrons. The van der Waals surface area contributed by atoms with Gasteiger partial charge in [0.25, 0.3) is 15.9 Å². The third-order valence-corrected chi connectivity index (χ3v) is 9.93. The summed E-state index contributed by atoms with van der Waals surface area (Å²) in [6, 6.07) is 16.5. The SMILES string of the molecule is COc1ccc(CN(C)C[C@H]2OCCCC[C@H](C)Oc3ccc(NS(=O)(=O)c4ccc(F)cc4)cc3C(=O)N([C@H](C)CO)C[C@H]2C)cc1. The number of fused-ring (bicyclic) bond motifs is 1. The first-order valence-corrected chi connectivity index (χ1v) is 17.8. The van der Waals surface area contributed by atoms with Gasteiger partial charge in [-0.2, -0.15) is 0 Å². The van der Waals surface area contributed by atoms with Gasteiger partial charge in [-0.3, -0.25) is 14.4 Å². The van der Waals surface area contributed by atoms with Crippen molar-refractivity contribution in [2.45, 2.75) is 69.7 Å². The lowest BCUT2D eigenvalue weighted by Gasteiger charge is -2.36. The number of aliphatic hydroxyl groups excluding tert-OH is 1. The lowest BCUT2D eigenvalue weighted by atomic mass is 10.0. The fourth-order valence-corrected chi connectivity index (χ4v) is 6.74. The molecule has 12 heteroatoms. The Morgan fingerprint density at radius 2 is 1.79 bits per heavy atom. The highest BCUT2D eigenvalue weighted by molar-refractivity contribution is 7.92. The van der Waals surface area contributed by atoms with E-state index in [9.17, 15) is 22.7 Å². The molecule has 48 heavy (non-hydrogen) atoms. The Bertz CT molecular complexity index is 1590. The minimum Gasteiger partial charge on any atom is -0.497 e. The summed E-state index contributed by atoms with van der Waals surface area (Å²) in [6.07, 6.45) is 1.99. The number of nitrogens with zero attached hydrogens (tertiary/aromatic N) is 2. The molecule has 3 aromatic rings. The summed E-state index contributed by atoms with van der Waals surface area (Å²) in [6.45, 7) is 7.62. The maximum absolute atomic E-state index is 14.4. The van der Waals surface area contributed by atoms with E-state index < -0.39 is 27.8 Å². The number of methoxy groups -OCH3 is 1. The van der Waals surface area contributed by atoms with E-state index >= 15 is 0 Å². The Morgan fingerprint density at radius 3 is 2.46 bits per heavy atom. The van der Waals surface area contributed by atoms with Crippen LogP contribution in [0.4, 0.5) is 10.1 Å². The van der Waals surface area contributed by atoms with Crippen molar-refractivity contribution in [2.75, 3.05) is 45.2 Å². The second-order valence-corrected chi connectivity index (χ2v) is 14.3. The number of hydrogen-bond acceptors (Lipinski definition) is 8. The van der Waals surface area contributed by atoms with E-state index in [1.165, 1.54) is 24.3 Å². The molecule has 3 aromatic carbocycles. The van der Waals surface area contributed by atoms with Gasteiger partial charge in [0.15, 0.2) is 0 Å². The molecule has 10 nitrogen and oxygen atoms in total. The van der Waals surface area contributed by atoms with Gasteiger partial charge in [-0.25, -0.2) is 12.8 Å². The van der Waals surface area contributed by atoms with Crippen molar-refractivity contribution >= 4 is 21.6 Å². The summed E-state index contributed by atoms with van der Waals surface area (Å²) in [5, 5.41) is 10.2. The third-order valence-electron chi connectivity index (χ3n) is 8.53. The summed E-state index contributed by atoms with van der Waals surface area (Å²) < 4.78 is 60.2. The van der Waals surface area contributed by atoms with Crippen LogP contribution in [0.25, 0.3) is 0 Å². The average molecular weight is 686 g/mol. The fraction of sp³-hybridized carbons (Fsp3) is 0.472. The molecular formula is C36H48FN3O7S. The number of aliphatic hydroxyl groups is 1. The largest absolute Gasteiger partial charge is 0.497 e. The molecule has 1 aliphatic heterocycles. The molecule has 0 saturated carbocycles. The lowest BCUT2D eigenvalue weighted by molar-refractivity contribution is -0.0177. The van der Waals surface area contributed by atoms with Crippen molar-refractivity contribution in [3.8, 4) is 11.5 Å². The third kappa shape index (κ3) is 10.1. The van der Waals surface area contributed by atoms with E-state index in [1.54, 1.807) is 25.0 Å². The van der Waals surface area contributed by atoms with Crippen LogP contribution in [0, 0.1) is 11.7 Å². The second-order valence-electron chi connectivity index (χ2n) is 12.6. The van der Waals surface area contributed by atoms with E-state index in [1.807, 2.05) is 45.2 Å². The molecule has 0 unspecified atom stereocenters. The first kappa shape index (κ1) is 37.1. The van der Waals surface area contributed by atoms with Crippen LogP contribution >= 0.6 is 0 Å². The molecule has 1 amide bonds. The van der Waals surface area contributed by atoms with Crippen molar-refractivity contribution in [1.82, 2.24) is 9.80 Å². The molecule has 1 heterocycles. The standard InChI is InChI=1S/C36H48FN3O7S/c1-25-21-40(26(2)24-41)36(42)33-20-30(38-48(43,44)32-16-11-29(37)12-17-32)13-18-34(33)47-27(3)8-6-7-19-46-35(25)23-39(4)22-28-9-14-31(45-5)15-10-28/h9-18,20,25-27,35,38,41H,6-8,19,21-24H2,1-5H3/t25-,26-,27+,35-/m1/s1. The highest BCUT2D eigenvalue weighted by Gasteiger charge is 2.30. The van der Waals surface area contributed by atoms with Crippen LogP contribution in [0.3, 0.4) is 0 Å². The van der Waals surface area contributed by atoms with Gasteiger partial charge in [-0.05, 0) is 100 Å². The number of hydrogen-bond donors (Lipinski definition) is 2. The molecule has 4 atom stereocenters. The van der Waals surface area contributed by atoms with Crippen molar-refractivity contribution < 1.29 is 36.9 Å². The molecule has 0 fully saturated rings. The molecule has 0 saturated heterocycles. The van der Waals surface area contributed by atoms with Crippen LogP contribution in [-0.4, -0.2) is 87.9 Å². The number of ether oxygens (including phenoxy) is 3. The fourth-order valence-electron chi connectivity index (χ4n) is 5.69. The Hall–Kier alpha value is -3.71. The number of nitrogens with one attached hydrogen (secondary N) is 1. The molecule has 4 rings (SSSR count). The van der Waals surface area contributed by atoms with Crippen LogP contribution in [0.15, 0.2) is 71.6 Å². The Morgan fingerprint density at radius 1 is 1.08 bits per heavy atom. The van der Waals surface area contributed by atoms with Crippen molar-refractivity contribution in [3.05, 3.63) is 83.7 Å². The number of sulfonamides is 1. The second kappa shape index (κ2) is 17.1. The number of amides is 1. The molecule has 2 N–H and O–H groups in total. The number of carbonyl (C=O) groups excluding carboxylic acids is 1. The van der Waals surface area contributed by atoms with Crippen LogP contribution in [0.5, 0.6) is 11.5 Å². The van der Waals surface area contributed by atoms with Gasteiger partial charge < -0.3 is 24.2 Å². The van der Waals surface area contributed by atoms with E-state index in [0.717, 1.165) is 42.7 Å². The molecule has 262 valence electrons. The zero-order chi connectivity index (χ0) is 34.8. The summed E-state index contributed by atoms with van der Waals surface area (Å²) in [5.41, 5.74) is 1.45. The van der Waals surface area contributed by atoms with Crippen molar-refractivity contribution in [1.29, 1.82) is 0 Å². The van der Waals surface area contributed by atoms with Crippen LogP contribution in [-0.2, 0) is 21.3 Å². The van der Waals surface area contributed by atoms with Gasteiger partial charge in [0.1, 0.15) is 17.3 Å². The maximum Gasteiger partial charge on any atom is 0.261 e. The molecular weight excluding hydrogens is 637 g/mol. The normalized spacial score (nSPS) is 20.4. The Kier molecular flexibility index (Phi) is 13.2. The van der Waals surface area contributed by atoms with Gasteiger partial charge in [-0.15, -0.1) is 0 Å². The number of carbonyl (C=O) groups is 1. The number of likely N-dealkylation sites (N-methyl/N-ethyl adjacent to an activating group) is 1. The topological polar surface area (TPSA) is 118 Å². The van der Waals surface area contributed by atoms with E-state index in [0.29, 0.717) is 25.4 Å². The number of halogens is 1. The number of benzene rings is 3. The zero-order valence-corrected chi connectivity index (χ0v) is 29.2. The Balaban J connectivity index is 1.62. The van der Waals surface area contributed by atoms with Gasteiger partial charge in [-0.1, -0.05) is 19.1 Å². The summed E-state index contributed by atoms with van der Waals surface area (Å²) in [4.78, 5) is 18.0. The monoisotopic (exact) mass is 685 g/mol. The van der Waals surface area contributed by atoms with Crippen molar-refractivity contribution in [2.24, 2.45) is 5.92 Å². The van der Waals surface area contributed by atoms with Crippen LogP contribution in [0.2, 0.25) is 0 Å². The van der Waals surface area contributed by atoms with Gasteiger partial charge in [0.05, 0.1) is 42.4 Å². The Labute approximate surface area is 283 Å². The molecule has 0 spiro atoms. The van der Waals surface area contributed by atoms with E-state index in [2.05, 4.69) is 9.62 Å². The van der Waals surface area contributed by atoms with Gasteiger partial charge >= 0.3 is 0 Å². The van der Waals surface area contributed by atoms with E-state index in [4.69, 9.17) is 14.2 Å². The average Bonchev–Trinajstić information content (AvgIpc) is 3.06. The number of anilines is 1. The predicted molar refractivity (Wildman–Crippen MR) is 183 cm³/mol. The number of rotatable bonds is 10. The summed E-state index contributed by atoms with van der Waals surface area (Å²) >= 11 is 0. The van der Waals surface area contributed by atoms with Crippen LogP contribution < -0.4 is 14.2 Å². The van der Waals surface area contributed by atoms with Gasteiger partial charge in [0.2, 0.25) is 0 Å². The first-order chi connectivity index (χ1) is 22.9. The predicted octanol–water partition coefficient (Wildman–Crippen LogP) is 5.56. The van der Waals surface area contributed by atoms with Gasteiger partial charge in [0, 0.05) is 37.8 Å². The summed E-state index contributed by atoms with van der Waals surface area (Å²) in [7, 11) is -0.395. The smallest absolute Gasteiger partial charge is 0.261 e. The maximum atomic E-state index is 14.4. The van der Waals surface area contributed by atoms with E-state index in [-0.39, 0.29) is 47.4 Å².